The normalized spacial score (nSPS) is 12.1. The number of hydrogen-bond donors (Lipinski definition) is 1. The Balaban J connectivity index is 1.78. The maximum absolute atomic E-state index is 13.4. The molecule has 1 atom stereocenters. The number of carbonyl (C=O) groups is 2. The van der Waals surface area contributed by atoms with Gasteiger partial charge >= 0.3 is 12.2 Å². The molecule has 1 N–H and O–H groups in total. The fraction of sp³-hybridized carbons (Fsp3) is 0.308. The van der Waals surface area contributed by atoms with Crippen molar-refractivity contribution in [3.8, 4) is 0 Å². The second-order valence-electron chi connectivity index (χ2n) is 8.21. The molecule has 1 aromatic heterocycles. The van der Waals surface area contributed by atoms with E-state index in [9.17, 15) is 22.8 Å². The fourth-order valence-corrected chi connectivity index (χ4v) is 4.21. The van der Waals surface area contributed by atoms with Crippen molar-refractivity contribution in [3.05, 3.63) is 88.1 Å². The average Bonchev–Trinajstić information content (AvgIpc) is 3.35. The molecule has 0 aliphatic heterocycles. The number of nitrogens with zero attached hydrogens (tertiary/aromatic N) is 2. The number of hydrogen-bond acceptors (Lipinski definition) is 3. The van der Waals surface area contributed by atoms with Gasteiger partial charge in [0.2, 0.25) is 5.91 Å². The molecule has 1 unspecified atom stereocenters. The molecular weight excluding hydrogens is 475 g/mol. The Bertz CT molecular complexity index is 1100. The SMILES string of the molecule is CCC(C)N(CC(=O)N(Cc1ccccc1)Cc1cccs1)C(=O)Nc1cccc(C(F)(F)F)c1. The smallest absolute Gasteiger partial charge is 0.332 e. The summed E-state index contributed by atoms with van der Waals surface area (Å²) in [4.78, 5) is 30.5. The summed E-state index contributed by atoms with van der Waals surface area (Å²) < 4.78 is 39.2. The molecule has 0 spiro atoms. The summed E-state index contributed by atoms with van der Waals surface area (Å²) >= 11 is 1.54. The van der Waals surface area contributed by atoms with Gasteiger partial charge in [0.15, 0.2) is 0 Å². The molecule has 3 rings (SSSR count). The highest BCUT2D eigenvalue weighted by molar-refractivity contribution is 7.09. The number of nitrogens with one attached hydrogen (secondary N) is 1. The quantitative estimate of drug-likeness (QED) is 0.356. The number of benzene rings is 2. The topological polar surface area (TPSA) is 52.7 Å². The lowest BCUT2D eigenvalue weighted by Crippen LogP contribution is -2.47. The zero-order chi connectivity index (χ0) is 25.4. The van der Waals surface area contributed by atoms with E-state index in [-0.39, 0.29) is 24.2 Å². The third kappa shape index (κ3) is 7.58. The molecule has 0 radical (unpaired) electrons. The van der Waals surface area contributed by atoms with Gasteiger partial charge < -0.3 is 15.1 Å². The molecule has 3 aromatic rings. The molecule has 35 heavy (non-hydrogen) atoms. The molecule has 0 aliphatic rings. The highest BCUT2D eigenvalue weighted by Gasteiger charge is 2.31. The third-order valence-electron chi connectivity index (χ3n) is 5.63. The molecule has 2 aromatic carbocycles. The van der Waals surface area contributed by atoms with Crippen molar-refractivity contribution in [2.45, 2.75) is 45.6 Å². The van der Waals surface area contributed by atoms with Crippen LogP contribution in [-0.2, 0) is 24.1 Å². The minimum Gasteiger partial charge on any atom is -0.332 e. The molecular formula is C26H28F3N3O2S. The number of anilines is 1. The summed E-state index contributed by atoms with van der Waals surface area (Å²) in [5.74, 6) is -0.248. The Hall–Kier alpha value is -3.33. The first kappa shape index (κ1) is 26.3. The van der Waals surface area contributed by atoms with Crippen LogP contribution < -0.4 is 5.32 Å². The Morgan fingerprint density at radius 2 is 1.74 bits per heavy atom. The number of halogens is 3. The summed E-state index contributed by atoms with van der Waals surface area (Å²) in [6, 6.07) is 17.0. The van der Waals surface area contributed by atoms with E-state index >= 15 is 0 Å². The summed E-state index contributed by atoms with van der Waals surface area (Å²) in [5, 5.41) is 4.47. The summed E-state index contributed by atoms with van der Waals surface area (Å²) in [5.41, 5.74) is 0.123. The highest BCUT2D eigenvalue weighted by Crippen LogP contribution is 2.30. The number of rotatable bonds is 9. The Morgan fingerprint density at radius 1 is 1.00 bits per heavy atom. The first-order valence-corrected chi connectivity index (χ1v) is 12.1. The molecule has 0 fully saturated rings. The van der Waals surface area contributed by atoms with Crippen molar-refractivity contribution in [1.82, 2.24) is 9.80 Å². The zero-order valence-electron chi connectivity index (χ0n) is 19.6. The summed E-state index contributed by atoms with van der Waals surface area (Å²) in [6.07, 6.45) is -3.94. The lowest BCUT2D eigenvalue weighted by molar-refractivity contribution is -0.137. The van der Waals surface area contributed by atoms with Crippen LogP contribution in [0, 0.1) is 0 Å². The molecule has 0 bridgehead atoms. The lowest BCUT2D eigenvalue weighted by Gasteiger charge is -2.31. The number of alkyl halides is 3. The monoisotopic (exact) mass is 503 g/mol. The van der Waals surface area contributed by atoms with Crippen molar-refractivity contribution in [2.75, 3.05) is 11.9 Å². The van der Waals surface area contributed by atoms with E-state index < -0.39 is 17.8 Å². The van der Waals surface area contributed by atoms with Crippen LogP contribution in [0.1, 0.15) is 36.3 Å². The third-order valence-corrected chi connectivity index (χ3v) is 6.49. The maximum atomic E-state index is 13.4. The summed E-state index contributed by atoms with van der Waals surface area (Å²) in [7, 11) is 0. The van der Waals surface area contributed by atoms with E-state index in [1.807, 2.05) is 54.8 Å². The van der Waals surface area contributed by atoms with Crippen molar-refractivity contribution >= 4 is 29.0 Å². The van der Waals surface area contributed by atoms with Gasteiger partial charge in [0, 0.05) is 23.2 Å². The van der Waals surface area contributed by atoms with Crippen LogP contribution >= 0.6 is 11.3 Å². The van der Waals surface area contributed by atoms with E-state index in [1.54, 1.807) is 23.2 Å². The number of carbonyl (C=O) groups excluding carboxylic acids is 2. The van der Waals surface area contributed by atoms with Crippen LogP contribution in [0.4, 0.5) is 23.7 Å². The Morgan fingerprint density at radius 3 is 2.37 bits per heavy atom. The summed E-state index contributed by atoms with van der Waals surface area (Å²) in [6.45, 7) is 4.26. The average molecular weight is 504 g/mol. The van der Waals surface area contributed by atoms with Crippen LogP contribution in [0.5, 0.6) is 0 Å². The van der Waals surface area contributed by atoms with Gasteiger partial charge in [-0.3, -0.25) is 4.79 Å². The van der Waals surface area contributed by atoms with Crippen LogP contribution in [0.25, 0.3) is 0 Å². The van der Waals surface area contributed by atoms with Crippen LogP contribution in [-0.4, -0.2) is 34.3 Å². The molecule has 186 valence electrons. The number of thiophene rings is 1. The second kappa shape index (κ2) is 11.9. The standard InChI is InChI=1S/C26H28F3N3O2S/c1-3-19(2)32(25(34)30-22-12-7-11-21(15-22)26(27,28)29)18-24(33)31(17-23-13-8-14-35-23)16-20-9-5-4-6-10-20/h4-15,19H,3,16-18H2,1-2H3,(H,30,34). The van der Waals surface area contributed by atoms with Gasteiger partial charge in [0.25, 0.3) is 0 Å². The van der Waals surface area contributed by atoms with E-state index in [0.29, 0.717) is 19.5 Å². The van der Waals surface area contributed by atoms with Gasteiger partial charge in [-0.05, 0) is 48.6 Å². The molecule has 5 nitrogen and oxygen atoms in total. The predicted octanol–water partition coefficient (Wildman–Crippen LogP) is 6.63. The van der Waals surface area contributed by atoms with E-state index in [2.05, 4.69) is 5.32 Å². The molecule has 9 heteroatoms. The Labute approximate surface area is 207 Å². The van der Waals surface area contributed by atoms with Gasteiger partial charge in [-0.1, -0.05) is 49.4 Å². The molecule has 1 heterocycles. The lowest BCUT2D eigenvalue weighted by atomic mass is 10.2. The zero-order valence-corrected chi connectivity index (χ0v) is 20.4. The largest absolute Gasteiger partial charge is 0.416 e. The number of amides is 3. The maximum Gasteiger partial charge on any atom is 0.416 e. The van der Waals surface area contributed by atoms with Crippen molar-refractivity contribution in [2.24, 2.45) is 0 Å². The first-order valence-electron chi connectivity index (χ1n) is 11.3. The second-order valence-corrected chi connectivity index (χ2v) is 9.24. The molecule has 0 saturated heterocycles. The van der Waals surface area contributed by atoms with Gasteiger partial charge in [-0.15, -0.1) is 11.3 Å². The first-order chi connectivity index (χ1) is 16.7. The molecule has 3 amide bonds. The highest BCUT2D eigenvalue weighted by atomic mass is 32.1. The van der Waals surface area contributed by atoms with Crippen LogP contribution in [0.2, 0.25) is 0 Å². The van der Waals surface area contributed by atoms with E-state index in [0.717, 1.165) is 22.6 Å². The molecule has 0 saturated carbocycles. The van der Waals surface area contributed by atoms with Crippen molar-refractivity contribution in [1.29, 1.82) is 0 Å². The minimum absolute atomic E-state index is 0.0188. The van der Waals surface area contributed by atoms with Crippen molar-refractivity contribution in [3.63, 3.8) is 0 Å². The van der Waals surface area contributed by atoms with E-state index in [1.165, 1.54) is 17.0 Å². The Kier molecular flexibility index (Phi) is 8.92. The van der Waals surface area contributed by atoms with Gasteiger partial charge in [-0.2, -0.15) is 13.2 Å². The van der Waals surface area contributed by atoms with Crippen molar-refractivity contribution < 1.29 is 22.8 Å². The van der Waals surface area contributed by atoms with Gasteiger partial charge in [0.1, 0.15) is 6.54 Å². The fourth-order valence-electron chi connectivity index (χ4n) is 3.49. The number of urea groups is 1. The van der Waals surface area contributed by atoms with Gasteiger partial charge in [-0.25, -0.2) is 4.79 Å². The minimum atomic E-state index is -4.52. The van der Waals surface area contributed by atoms with Crippen LogP contribution in [0.15, 0.2) is 72.1 Å². The molecule has 0 aliphatic carbocycles. The predicted molar refractivity (Wildman–Crippen MR) is 132 cm³/mol. The van der Waals surface area contributed by atoms with E-state index in [4.69, 9.17) is 0 Å². The van der Waals surface area contributed by atoms with Crippen LogP contribution in [0.3, 0.4) is 0 Å². The van der Waals surface area contributed by atoms with Gasteiger partial charge in [0.05, 0.1) is 12.1 Å².